The highest BCUT2D eigenvalue weighted by molar-refractivity contribution is 6.33. The number of aliphatic hydroxyl groups is 1. The molecule has 1 aliphatic heterocycles. The number of hydrogen-bond acceptors (Lipinski definition) is 4. The number of pyridine rings is 1. The summed E-state index contributed by atoms with van der Waals surface area (Å²) in [5, 5.41) is 10.8. The third kappa shape index (κ3) is 2.79. The second-order valence-corrected chi connectivity index (χ2v) is 6.98. The average Bonchev–Trinajstić information content (AvgIpc) is 2.46. The molecular weight excluding hydrogens is 302 g/mol. The van der Waals surface area contributed by atoms with Gasteiger partial charge in [0.1, 0.15) is 5.82 Å². The standard InChI is InChI=1S/C16H22ClN3O2/c1-19(2)16(22)12-6-13(17)15(18-7-12)20-8-10-4-3-5-11(9-20)14(10)21/h6-7,10-11,14,21H,3-5,8-9H2,1-2H3. The second-order valence-electron chi connectivity index (χ2n) is 6.58. The zero-order chi connectivity index (χ0) is 15.9. The van der Waals surface area contributed by atoms with Gasteiger partial charge >= 0.3 is 0 Å². The van der Waals surface area contributed by atoms with E-state index in [2.05, 4.69) is 9.88 Å². The second kappa shape index (κ2) is 6.05. The van der Waals surface area contributed by atoms with Gasteiger partial charge in [-0.3, -0.25) is 4.79 Å². The first-order valence-electron chi connectivity index (χ1n) is 7.77. The zero-order valence-corrected chi connectivity index (χ0v) is 13.8. The first kappa shape index (κ1) is 15.6. The number of halogens is 1. The van der Waals surface area contributed by atoms with Crippen LogP contribution in [0.5, 0.6) is 0 Å². The Morgan fingerprint density at radius 1 is 1.36 bits per heavy atom. The van der Waals surface area contributed by atoms with Gasteiger partial charge in [0.25, 0.3) is 5.91 Å². The minimum Gasteiger partial charge on any atom is -0.392 e. The van der Waals surface area contributed by atoms with Gasteiger partial charge in [-0.2, -0.15) is 0 Å². The van der Waals surface area contributed by atoms with E-state index in [1.165, 1.54) is 11.3 Å². The largest absolute Gasteiger partial charge is 0.392 e. The van der Waals surface area contributed by atoms with Crippen molar-refractivity contribution in [1.82, 2.24) is 9.88 Å². The molecule has 2 aliphatic rings. The van der Waals surface area contributed by atoms with E-state index in [9.17, 15) is 9.90 Å². The van der Waals surface area contributed by atoms with Gasteiger partial charge in [0.2, 0.25) is 0 Å². The molecule has 1 aromatic heterocycles. The van der Waals surface area contributed by atoms with Crippen LogP contribution in [0.3, 0.4) is 0 Å². The lowest BCUT2D eigenvalue weighted by atomic mass is 9.75. The summed E-state index contributed by atoms with van der Waals surface area (Å²) in [7, 11) is 3.41. The summed E-state index contributed by atoms with van der Waals surface area (Å²) >= 11 is 6.37. The van der Waals surface area contributed by atoms with E-state index in [4.69, 9.17) is 11.6 Å². The maximum absolute atomic E-state index is 12.0. The van der Waals surface area contributed by atoms with E-state index < -0.39 is 0 Å². The number of nitrogens with zero attached hydrogens (tertiary/aromatic N) is 3. The maximum atomic E-state index is 12.0. The molecular formula is C16H22ClN3O2. The highest BCUT2D eigenvalue weighted by Gasteiger charge is 2.39. The van der Waals surface area contributed by atoms with Gasteiger partial charge in [-0.15, -0.1) is 0 Å². The van der Waals surface area contributed by atoms with Crippen LogP contribution >= 0.6 is 11.6 Å². The predicted molar refractivity (Wildman–Crippen MR) is 86.3 cm³/mol. The Kier molecular flexibility index (Phi) is 4.28. The van der Waals surface area contributed by atoms with Crippen molar-refractivity contribution in [3.8, 4) is 0 Å². The summed E-state index contributed by atoms with van der Waals surface area (Å²) in [4.78, 5) is 20.1. The van der Waals surface area contributed by atoms with Crippen LogP contribution < -0.4 is 4.90 Å². The van der Waals surface area contributed by atoms with Crippen molar-refractivity contribution in [2.75, 3.05) is 32.1 Å². The van der Waals surface area contributed by atoms with Gasteiger partial charge in [0.05, 0.1) is 16.7 Å². The molecule has 0 spiro atoms. The summed E-state index contributed by atoms with van der Waals surface area (Å²) in [6, 6.07) is 1.69. The van der Waals surface area contributed by atoms with Crippen LogP contribution in [0.2, 0.25) is 5.02 Å². The van der Waals surface area contributed by atoms with Gasteiger partial charge in [-0.1, -0.05) is 18.0 Å². The van der Waals surface area contributed by atoms with E-state index in [0.29, 0.717) is 22.4 Å². The molecule has 0 radical (unpaired) electrons. The van der Waals surface area contributed by atoms with Crippen molar-refractivity contribution in [3.05, 3.63) is 22.8 Å². The molecule has 0 aromatic carbocycles. The number of fused-ring (bicyclic) bond motifs is 2. The molecule has 1 N–H and O–H groups in total. The number of aliphatic hydroxyl groups excluding tert-OH is 1. The van der Waals surface area contributed by atoms with Crippen LogP contribution in [-0.2, 0) is 0 Å². The number of aromatic nitrogens is 1. The van der Waals surface area contributed by atoms with Gasteiger partial charge < -0.3 is 14.9 Å². The Labute approximate surface area is 135 Å². The number of amides is 1. The van der Waals surface area contributed by atoms with Crippen molar-refractivity contribution in [2.45, 2.75) is 25.4 Å². The molecule has 3 rings (SSSR count). The molecule has 2 fully saturated rings. The van der Waals surface area contributed by atoms with Crippen molar-refractivity contribution in [3.63, 3.8) is 0 Å². The Morgan fingerprint density at radius 3 is 2.55 bits per heavy atom. The predicted octanol–water partition coefficient (Wildman–Crippen LogP) is 2.03. The highest BCUT2D eigenvalue weighted by Crippen LogP contribution is 2.37. The quantitative estimate of drug-likeness (QED) is 0.905. The molecule has 1 aromatic rings. The lowest BCUT2D eigenvalue weighted by molar-refractivity contribution is 0.00580. The van der Waals surface area contributed by atoms with E-state index in [-0.39, 0.29) is 12.0 Å². The van der Waals surface area contributed by atoms with E-state index >= 15 is 0 Å². The summed E-state index contributed by atoms with van der Waals surface area (Å²) < 4.78 is 0. The fraction of sp³-hybridized carbons (Fsp3) is 0.625. The fourth-order valence-corrected chi connectivity index (χ4v) is 3.91. The lowest BCUT2D eigenvalue weighted by Crippen LogP contribution is -2.51. The number of piperidine rings is 1. The molecule has 1 saturated heterocycles. The minimum absolute atomic E-state index is 0.105. The third-order valence-corrected chi connectivity index (χ3v) is 5.08. The molecule has 2 unspecified atom stereocenters. The van der Waals surface area contributed by atoms with Crippen molar-refractivity contribution < 1.29 is 9.90 Å². The van der Waals surface area contributed by atoms with Crippen molar-refractivity contribution in [2.24, 2.45) is 11.8 Å². The lowest BCUT2D eigenvalue weighted by Gasteiger charge is -2.45. The molecule has 22 heavy (non-hydrogen) atoms. The molecule has 5 nitrogen and oxygen atoms in total. The first-order valence-corrected chi connectivity index (χ1v) is 8.15. The molecule has 2 bridgehead atoms. The number of anilines is 1. The van der Waals surface area contributed by atoms with E-state index in [0.717, 1.165) is 31.7 Å². The van der Waals surface area contributed by atoms with Crippen LogP contribution in [0.4, 0.5) is 5.82 Å². The summed E-state index contributed by atoms with van der Waals surface area (Å²) in [5.74, 6) is 1.22. The van der Waals surface area contributed by atoms with Crippen LogP contribution in [0, 0.1) is 11.8 Å². The molecule has 1 aliphatic carbocycles. The number of carbonyl (C=O) groups is 1. The average molecular weight is 324 g/mol. The molecule has 120 valence electrons. The van der Waals surface area contributed by atoms with E-state index in [1.807, 2.05) is 0 Å². The topological polar surface area (TPSA) is 56.7 Å². The van der Waals surface area contributed by atoms with Gasteiger partial charge in [-0.25, -0.2) is 4.98 Å². The molecule has 1 amide bonds. The minimum atomic E-state index is -0.196. The van der Waals surface area contributed by atoms with Crippen molar-refractivity contribution in [1.29, 1.82) is 0 Å². The van der Waals surface area contributed by atoms with Crippen LogP contribution in [0.1, 0.15) is 29.6 Å². The van der Waals surface area contributed by atoms with Gasteiger partial charge in [0.15, 0.2) is 0 Å². The molecule has 2 atom stereocenters. The monoisotopic (exact) mass is 323 g/mol. The van der Waals surface area contributed by atoms with Crippen LogP contribution in [-0.4, -0.2) is 54.2 Å². The number of carbonyl (C=O) groups excluding carboxylic acids is 1. The Balaban J connectivity index is 1.82. The Bertz CT molecular complexity index is 565. The number of hydrogen-bond donors (Lipinski definition) is 1. The van der Waals surface area contributed by atoms with Crippen LogP contribution in [0.15, 0.2) is 12.3 Å². The zero-order valence-electron chi connectivity index (χ0n) is 13.0. The highest BCUT2D eigenvalue weighted by atomic mass is 35.5. The third-order valence-electron chi connectivity index (χ3n) is 4.80. The van der Waals surface area contributed by atoms with Gasteiger partial charge in [-0.05, 0) is 18.9 Å². The van der Waals surface area contributed by atoms with Crippen molar-refractivity contribution >= 4 is 23.3 Å². The summed E-state index contributed by atoms with van der Waals surface area (Å²) in [6.45, 7) is 1.57. The summed E-state index contributed by atoms with van der Waals surface area (Å²) in [6.07, 6.45) is 4.70. The van der Waals surface area contributed by atoms with E-state index in [1.54, 1.807) is 26.4 Å². The maximum Gasteiger partial charge on any atom is 0.254 e. The first-order chi connectivity index (χ1) is 10.5. The fourth-order valence-electron chi connectivity index (χ4n) is 3.62. The SMILES string of the molecule is CN(C)C(=O)c1cnc(N2CC3CCCC(C2)C3O)c(Cl)c1. The molecule has 1 saturated carbocycles. The normalized spacial score (nSPS) is 27.6. The van der Waals surface area contributed by atoms with Crippen LogP contribution in [0.25, 0.3) is 0 Å². The molecule has 6 heteroatoms. The molecule has 2 heterocycles. The summed E-state index contributed by atoms with van der Waals surface area (Å²) in [5.41, 5.74) is 0.496. The van der Waals surface area contributed by atoms with Gasteiger partial charge in [0, 0.05) is 45.2 Å². The Hall–Kier alpha value is -1.33. The smallest absolute Gasteiger partial charge is 0.254 e. The number of rotatable bonds is 2. The Morgan fingerprint density at radius 2 is 2.00 bits per heavy atom.